The fourth-order valence-corrected chi connectivity index (χ4v) is 2.96. The van der Waals surface area contributed by atoms with Crippen LogP contribution in [-0.2, 0) is 11.2 Å². The Bertz CT molecular complexity index is 1170. The lowest BCUT2D eigenvalue weighted by Crippen LogP contribution is -2.30. The lowest BCUT2D eigenvalue weighted by Gasteiger charge is -2.08. The molecule has 0 aliphatic rings. The van der Waals surface area contributed by atoms with Gasteiger partial charge in [-0.25, -0.2) is 9.78 Å². The molecular weight excluding hydrogens is 370 g/mol. The molecule has 2 N–H and O–H groups in total. The third kappa shape index (κ3) is 4.52. The normalized spacial score (nSPS) is 10.8. The Morgan fingerprint density at radius 3 is 2.79 bits per heavy atom. The quantitative estimate of drug-likeness (QED) is 0.474. The van der Waals surface area contributed by atoms with Gasteiger partial charge in [-0.2, -0.15) is 0 Å². The number of aromatic nitrogens is 2. The van der Waals surface area contributed by atoms with E-state index in [9.17, 15) is 9.59 Å². The first kappa shape index (κ1) is 18.5. The summed E-state index contributed by atoms with van der Waals surface area (Å²) < 4.78 is 11.0. The second-order valence-electron chi connectivity index (χ2n) is 6.48. The average molecular weight is 389 g/mol. The van der Waals surface area contributed by atoms with E-state index in [0.717, 1.165) is 16.6 Å². The van der Waals surface area contributed by atoms with Crippen molar-refractivity contribution in [3.8, 4) is 16.9 Å². The highest BCUT2D eigenvalue weighted by molar-refractivity contribution is 5.83. The van der Waals surface area contributed by atoms with E-state index in [1.807, 2.05) is 30.3 Å². The second kappa shape index (κ2) is 8.43. The predicted octanol–water partition coefficient (Wildman–Crippen LogP) is 2.92. The van der Waals surface area contributed by atoms with Crippen LogP contribution in [-0.4, -0.2) is 29.0 Å². The van der Waals surface area contributed by atoms with Crippen molar-refractivity contribution in [2.75, 3.05) is 13.2 Å². The summed E-state index contributed by atoms with van der Waals surface area (Å²) in [4.78, 5) is 31.2. The van der Waals surface area contributed by atoms with Crippen LogP contribution >= 0.6 is 0 Å². The summed E-state index contributed by atoms with van der Waals surface area (Å²) in [6, 6.07) is 16.3. The Labute approximate surface area is 166 Å². The van der Waals surface area contributed by atoms with Crippen LogP contribution < -0.4 is 15.7 Å². The van der Waals surface area contributed by atoms with Crippen LogP contribution in [0.3, 0.4) is 0 Å². The van der Waals surface area contributed by atoms with Gasteiger partial charge >= 0.3 is 5.63 Å². The largest absolute Gasteiger partial charge is 0.484 e. The third-order valence-corrected chi connectivity index (χ3v) is 4.43. The zero-order valence-corrected chi connectivity index (χ0v) is 15.6. The van der Waals surface area contributed by atoms with Gasteiger partial charge in [-0.1, -0.05) is 30.3 Å². The fourth-order valence-electron chi connectivity index (χ4n) is 2.96. The smallest absolute Gasteiger partial charge is 0.344 e. The number of rotatable bonds is 7. The van der Waals surface area contributed by atoms with Crippen molar-refractivity contribution >= 4 is 16.9 Å². The molecule has 0 unspecified atom stereocenters. The lowest BCUT2D eigenvalue weighted by atomic mass is 10.1. The molecule has 0 saturated heterocycles. The maximum Gasteiger partial charge on any atom is 0.344 e. The molecule has 0 radical (unpaired) electrons. The van der Waals surface area contributed by atoms with Crippen LogP contribution in [0, 0.1) is 0 Å². The van der Waals surface area contributed by atoms with Crippen LogP contribution in [0.1, 0.15) is 5.69 Å². The van der Waals surface area contributed by atoms with Crippen molar-refractivity contribution < 1.29 is 13.9 Å². The summed E-state index contributed by atoms with van der Waals surface area (Å²) in [7, 11) is 0. The van der Waals surface area contributed by atoms with Gasteiger partial charge in [-0.3, -0.25) is 4.79 Å². The van der Waals surface area contributed by atoms with E-state index in [1.54, 1.807) is 36.8 Å². The predicted molar refractivity (Wildman–Crippen MR) is 109 cm³/mol. The molecular formula is C22H19N3O4. The summed E-state index contributed by atoms with van der Waals surface area (Å²) >= 11 is 0. The van der Waals surface area contributed by atoms with Gasteiger partial charge in [0, 0.05) is 36.3 Å². The van der Waals surface area contributed by atoms with E-state index in [1.165, 1.54) is 0 Å². The molecule has 4 rings (SSSR count). The van der Waals surface area contributed by atoms with Crippen LogP contribution in [0.2, 0.25) is 0 Å². The second-order valence-corrected chi connectivity index (χ2v) is 6.48. The summed E-state index contributed by atoms with van der Waals surface area (Å²) in [5.41, 5.74) is 2.24. The lowest BCUT2D eigenvalue weighted by molar-refractivity contribution is -0.123. The van der Waals surface area contributed by atoms with Crippen molar-refractivity contribution in [1.82, 2.24) is 15.3 Å². The summed E-state index contributed by atoms with van der Waals surface area (Å²) in [6.45, 7) is 0.361. The van der Waals surface area contributed by atoms with Gasteiger partial charge in [0.05, 0.1) is 11.9 Å². The molecule has 0 spiro atoms. The number of ether oxygens (including phenoxy) is 1. The molecule has 146 valence electrons. The number of carbonyl (C=O) groups is 1. The molecule has 0 aliphatic heterocycles. The van der Waals surface area contributed by atoms with Crippen molar-refractivity contribution in [3.63, 3.8) is 0 Å². The maximum absolute atomic E-state index is 12.3. The van der Waals surface area contributed by atoms with Gasteiger partial charge in [-0.05, 0) is 23.8 Å². The Morgan fingerprint density at radius 1 is 1.14 bits per heavy atom. The number of benzene rings is 2. The molecule has 29 heavy (non-hydrogen) atoms. The first-order valence-electron chi connectivity index (χ1n) is 9.19. The fraction of sp³-hybridized carbons (Fsp3) is 0.136. The van der Waals surface area contributed by atoms with Crippen molar-refractivity contribution in [2.24, 2.45) is 0 Å². The number of nitrogens with zero attached hydrogens (tertiary/aromatic N) is 1. The van der Waals surface area contributed by atoms with E-state index in [2.05, 4.69) is 15.3 Å². The number of hydrogen-bond acceptors (Lipinski definition) is 5. The molecule has 2 heterocycles. The number of nitrogens with one attached hydrogen (secondary N) is 2. The topological polar surface area (TPSA) is 97.2 Å². The van der Waals surface area contributed by atoms with Gasteiger partial charge in [-0.15, -0.1) is 0 Å². The monoisotopic (exact) mass is 389 g/mol. The zero-order valence-electron chi connectivity index (χ0n) is 15.6. The first-order valence-corrected chi connectivity index (χ1v) is 9.19. The summed E-state index contributed by atoms with van der Waals surface area (Å²) in [5, 5.41) is 3.56. The highest BCUT2D eigenvalue weighted by Gasteiger charge is 2.09. The van der Waals surface area contributed by atoms with Crippen LogP contribution in [0.4, 0.5) is 0 Å². The molecule has 1 amide bonds. The van der Waals surface area contributed by atoms with Gasteiger partial charge in [0.25, 0.3) is 5.91 Å². The number of carbonyl (C=O) groups excluding carboxylic acids is 1. The number of aromatic amines is 1. The minimum Gasteiger partial charge on any atom is -0.484 e. The van der Waals surface area contributed by atoms with Gasteiger partial charge < -0.3 is 19.5 Å². The average Bonchev–Trinajstić information content (AvgIpc) is 3.26. The van der Waals surface area contributed by atoms with E-state index in [4.69, 9.17) is 9.15 Å². The molecule has 0 saturated carbocycles. The number of hydrogen-bond donors (Lipinski definition) is 2. The Balaban J connectivity index is 1.40. The molecule has 7 heteroatoms. The molecule has 2 aromatic heterocycles. The van der Waals surface area contributed by atoms with Crippen molar-refractivity contribution in [2.45, 2.75) is 6.42 Å². The first-order chi connectivity index (χ1) is 14.2. The minimum atomic E-state index is -0.419. The maximum atomic E-state index is 12.3. The van der Waals surface area contributed by atoms with Crippen molar-refractivity contribution in [3.05, 3.63) is 83.2 Å². The SMILES string of the molecule is O=C(COc1ccc2cc(-c3ccccc3)c(=O)oc2c1)NCCc1cnc[nH]1. The van der Waals surface area contributed by atoms with Gasteiger partial charge in [0.15, 0.2) is 6.61 Å². The summed E-state index contributed by atoms with van der Waals surface area (Å²) in [5.74, 6) is 0.224. The van der Waals surface area contributed by atoms with E-state index in [-0.39, 0.29) is 12.5 Å². The highest BCUT2D eigenvalue weighted by atomic mass is 16.5. The Kier molecular flexibility index (Phi) is 5.38. The molecule has 0 aliphatic carbocycles. The molecule has 0 atom stereocenters. The van der Waals surface area contributed by atoms with Gasteiger partial charge in [0.1, 0.15) is 11.3 Å². The van der Waals surface area contributed by atoms with Crippen molar-refractivity contribution in [1.29, 1.82) is 0 Å². The zero-order chi connectivity index (χ0) is 20.1. The van der Waals surface area contributed by atoms with E-state index >= 15 is 0 Å². The standard InChI is InChI=1S/C22H19N3O4/c26-21(24-9-8-17-12-23-14-25-17)13-28-18-7-6-16-10-19(15-4-2-1-3-5-15)22(27)29-20(16)11-18/h1-7,10-12,14H,8-9,13H2,(H,23,25)(H,24,26). The molecule has 2 aromatic carbocycles. The number of amides is 1. The summed E-state index contributed by atoms with van der Waals surface area (Å²) in [6.07, 6.45) is 3.98. The molecule has 7 nitrogen and oxygen atoms in total. The highest BCUT2D eigenvalue weighted by Crippen LogP contribution is 2.24. The molecule has 0 bridgehead atoms. The van der Waals surface area contributed by atoms with E-state index < -0.39 is 5.63 Å². The van der Waals surface area contributed by atoms with Crippen LogP contribution in [0.5, 0.6) is 5.75 Å². The number of H-pyrrole nitrogens is 1. The number of fused-ring (bicyclic) bond motifs is 1. The van der Waals surface area contributed by atoms with Gasteiger partial charge in [0.2, 0.25) is 0 Å². The number of imidazole rings is 1. The molecule has 4 aromatic rings. The Morgan fingerprint density at radius 2 is 2.00 bits per heavy atom. The third-order valence-electron chi connectivity index (χ3n) is 4.43. The van der Waals surface area contributed by atoms with Crippen LogP contribution in [0.25, 0.3) is 22.1 Å². The Hall–Kier alpha value is -3.87. The van der Waals surface area contributed by atoms with Crippen LogP contribution in [0.15, 0.2) is 76.3 Å². The molecule has 0 fully saturated rings. The van der Waals surface area contributed by atoms with E-state index in [0.29, 0.717) is 29.9 Å². The minimum absolute atomic E-state index is 0.124.